The molecular formula is C10H8N2O2. The normalized spacial score (nSPS) is 9.64. The Kier molecular flexibility index (Phi) is 3.27. The van der Waals surface area contributed by atoms with Crippen LogP contribution in [-0.4, -0.2) is 11.1 Å². The van der Waals surface area contributed by atoms with Gasteiger partial charge in [-0.25, -0.2) is 4.79 Å². The second-order valence-corrected chi connectivity index (χ2v) is 2.51. The fraction of sp³-hybridized carbons (Fsp3) is 0. The van der Waals surface area contributed by atoms with Gasteiger partial charge in [-0.05, 0) is 18.2 Å². The van der Waals surface area contributed by atoms with E-state index in [1.54, 1.807) is 24.3 Å². The van der Waals surface area contributed by atoms with Crippen molar-refractivity contribution in [3.63, 3.8) is 0 Å². The maximum Gasteiger partial charge on any atom is 0.329 e. The lowest BCUT2D eigenvalue weighted by Gasteiger charge is -1.99. The van der Waals surface area contributed by atoms with Crippen molar-refractivity contribution in [3.05, 3.63) is 42.1 Å². The van der Waals surface area contributed by atoms with Crippen molar-refractivity contribution < 1.29 is 9.90 Å². The lowest BCUT2D eigenvalue weighted by Crippen LogP contribution is -1.92. The molecule has 0 aliphatic carbocycles. The zero-order valence-corrected chi connectivity index (χ0v) is 7.27. The van der Waals surface area contributed by atoms with Gasteiger partial charge >= 0.3 is 5.97 Å². The van der Waals surface area contributed by atoms with Gasteiger partial charge in [0.15, 0.2) is 0 Å². The number of carboxylic acids is 1. The maximum absolute atomic E-state index is 10.1. The van der Waals surface area contributed by atoms with E-state index in [1.165, 1.54) is 6.20 Å². The molecule has 0 spiro atoms. The minimum atomic E-state index is -1.02. The lowest BCUT2D eigenvalue weighted by atomic mass is 10.2. The molecule has 1 aromatic rings. The Labute approximate surface area is 81.1 Å². The van der Waals surface area contributed by atoms with Crippen LogP contribution < -0.4 is 5.32 Å². The predicted octanol–water partition coefficient (Wildman–Crippen LogP) is 1.57. The Hall–Kier alpha value is -2.28. The molecule has 0 atom stereocenters. The lowest BCUT2D eigenvalue weighted by molar-refractivity contribution is -0.131. The Bertz CT molecular complexity index is 405. The molecule has 0 saturated carbocycles. The number of hydrogen-bond donors (Lipinski definition) is 2. The molecule has 0 fully saturated rings. The molecule has 2 N–H and O–H groups in total. The van der Waals surface area contributed by atoms with Gasteiger partial charge in [0.2, 0.25) is 0 Å². The van der Waals surface area contributed by atoms with Crippen molar-refractivity contribution in [2.45, 2.75) is 0 Å². The van der Waals surface area contributed by atoms with Crippen LogP contribution in [0.25, 0.3) is 0 Å². The average Bonchev–Trinajstić information content (AvgIpc) is 2.18. The molecule has 0 aromatic heterocycles. The van der Waals surface area contributed by atoms with Gasteiger partial charge < -0.3 is 10.4 Å². The van der Waals surface area contributed by atoms with E-state index in [2.05, 4.69) is 5.32 Å². The summed E-state index contributed by atoms with van der Waals surface area (Å²) in [5, 5.41) is 19.6. The number of carbonyl (C=O) groups is 1. The van der Waals surface area contributed by atoms with Gasteiger partial charge in [0.05, 0.1) is 11.6 Å². The minimum Gasteiger partial charge on any atom is -0.478 e. The number of rotatable bonds is 3. The summed E-state index contributed by atoms with van der Waals surface area (Å²) in [5.74, 6) is -1.02. The standard InChI is InChI=1S/C10H8N2O2/c11-7-8-2-1-3-9(6-8)12-5-4-10(13)14/h1-6,12H,(H,13,14)/b5-4+. The van der Waals surface area contributed by atoms with E-state index in [0.717, 1.165) is 6.08 Å². The highest BCUT2D eigenvalue weighted by Crippen LogP contribution is 2.09. The first-order valence-corrected chi connectivity index (χ1v) is 3.88. The van der Waals surface area contributed by atoms with Gasteiger partial charge in [-0.2, -0.15) is 5.26 Å². The molecule has 1 aromatic carbocycles. The van der Waals surface area contributed by atoms with Gasteiger partial charge in [0, 0.05) is 18.0 Å². The monoisotopic (exact) mass is 188 g/mol. The molecular weight excluding hydrogens is 180 g/mol. The largest absolute Gasteiger partial charge is 0.478 e. The van der Waals surface area contributed by atoms with Crippen molar-refractivity contribution in [2.75, 3.05) is 5.32 Å². The van der Waals surface area contributed by atoms with E-state index in [-0.39, 0.29) is 0 Å². The van der Waals surface area contributed by atoms with Crippen molar-refractivity contribution in [3.8, 4) is 6.07 Å². The topological polar surface area (TPSA) is 73.1 Å². The van der Waals surface area contributed by atoms with E-state index in [0.29, 0.717) is 11.3 Å². The molecule has 14 heavy (non-hydrogen) atoms. The van der Waals surface area contributed by atoms with E-state index in [9.17, 15) is 4.79 Å². The molecule has 4 heteroatoms. The van der Waals surface area contributed by atoms with E-state index < -0.39 is 5.97 Å². The highest BCUT2D eigenvalue weighted by Gasteiger charge is 1.92. The van der Waals surface area contributed by atoms with Crippen molar-refractivity contribution in [2.24, 2.45) is 0 Å². The summed E-state index contributed by atoms with van der Waals surface area (Å²) < 4.78 is 0. The molecule has 0 amide bonds. The molecule has 1 rings (SSSR count). The molecule has 70 valence electrons. The number of aliphatic carboxylic acids is 1. The first-order valence-electron chi connectivity index (χ1n) is 3.88. The molecule has 0 aliphatic rings. The first kappa shape index (κ1) is 9.81. The number of nitrogens with one attached hydrogen (secondary N) is 1. The Balaban J connectivity index is 2.69. The van der Waals surface area contributed by atoms with Gasteiger partial charge in [-0.15, -0.1) is 0 Å². The maximum atomic E-state index is 10.1. The molecule has 0 unspecified atom stereocenters. The Morgan fingerprint density at radius 1 is 1.57 bits per heavy atom. The molecule has 0 aliphatic heterocycles. The number of carboxylic acid groups (broad SMARTS) is 1. The van der Waals surface area contributed by atoms with Gasteiger partial charge in [-0.1, -0.05) is 6.07 Å². The van der Waals surface area contributed by atoms with Crippen LogP contribution in [0.15, 0.2) is 36.5 Å². The first-order chi connectivity index (χ1) is 6.72. The zero-order chi connectivity index (χ0) is 10.4. The van der Waals surface area contributed by atoms with E-state index in [4.69, 9.17) is 10.4 Å². The predicted molar refractivity (Wildman–Crippen MR) is 51.6 cm³/mol. The van der Waals surface area contributed by atoms with Gasteiger partial charge in [0.1, 0.15) is 0 Å². The summed E-state index contributed by atoms with van der Waals surface area (Å²) >= 11 is 0. The molecule has 4 nitrogen and oxygen atoms in total. The molecule has 0 radical (unpaired) electrons. The number of nitriles is 1. The van der Waals surface area contributed by atoms with Crippen LogP contribution in [0.5, 0.6) is 0 Å². The number of nitrogens with zero attached hydrogens (tertiary/aromatic N) is 1. The number of anilines is 1. The fourth-order valence-electron chi connectivity index (χ4n) is 0.888. The van der Waals surface area contributed by atoms with Crippen LogP contribution in [0.4, 0.5) is 5.69 Å². The average molecular weight is 188 g/mol. The van der Waals surface area contributed by atoms with Crippen LogP contribution in [0.3, 0.4) is 0 Å². The highest BCUT2D eigenvalue weighted by molar-refractivity contribution is 5.80. The van der Waals surface area contributed by atoms with Gasteiger partial charge in [0.25, 0.3) is 0 Å². The van der Waals surface area contributed by atoms with Gasteiger partial charge in [-0.3, -0.25) is 0 Å². The minimum absolute atomic E-state index is 0.527. The van der Waals surface area contributed by atoms with Crippen LogP contribution in [-0.2, 0) is 4.79 Å². The van der Waals surface area contributed by atoms with Crippen molar-refractivity contribution in [1.82, 2.24) is 0 Å². The molecule has 0 heterocycles. The third-order valence-corrected chi connectivity index (χ3v) is 1.47. The summed E-state index contributed by atoms with van der Waals surface area (Å²) in [5.41, 5.74) is 1.21. The third kappa shape index (κ3) is 2.99. The Morgan fingerprint density at radius 3 is 3.00 bits per heavy atom. The quantitative estimate of drug-likeness (QED) is 0.706. The summed E-state index contributed by atoms with van der Waals surface area (Å²) in [6.45, 7) is 0. The summed E-state index contributed by atoms with van der Waals surface area (Å²) in [4.78, 5) is 10.1. The number of benzene rings is 1. The Morgan fingerprint density at radius 2 is 2.36 bits per heavy atom. The second-order valence-electron chi connectivity index (χ2n) is 2.51. The third-order valence-electron chi connectivity index (χ3n) is 1.47. The van der Waals surface area contributed by atoms with E-state index in [1.807, 2.05) is 6.07 Å². The molecule has 0 bridgehead atoms. The van der Waals surface area contributed by atoms with Crippen LogP contribution in [0.1, 0.15) is 5.56 Å². The van der Waals surface area contributed by atoms with Crippen molar-refractivity contribution >= 4 is 11.7 Å². The highest BCUT2D eigenvalue weighted by atomic mass is 16.4. The van der Waals surface area contributed by atoms with Crippen LogP contribution in [0, 0.1) is 11.3 Å². The second kappa shape index (κ2) is 4.67. The zero-order valence-electron chi connectivity index (χ0n) is 7.27. The summed E-state index contributed by atoms with van der Waals surface area (Å²) in [6, 6.07) is 8.75. The fourth-order valence-corrected chi connectivity index (χ4v) is 0.888. The number of hydrogen-bond acceptors (Lipinski definition) is 3. The molecule has 0 saturated heterocycles. The summed E-state index contributed by atoms with van der Waals surface area (Å²) in [7, 11) is 0. The summed E-state index contributed by atoms with van der Waals surface area (Å²) in [6.07, 6.45) is 2.29. The van der Waals surface area contributed by atoms with Crippen molar-refractivity contribution in [1.29, 1.82) is 5.26 Å². The smallest absolute Gasteiger partial charge is 0.329 e. The SMILES string of the molecule is N#Cc1cccc(N/C=C/C(=O)O)c1. The van der Waals surface area contributed by atoms with E-state index >= 15 is 0 Å². The van der Waals surface area contributed by atoms with Crippen LogP contribution in [0.2, 0.25) is 0 Å². The van der Waals surface area contributed by atoms with Crippen LogP contribution >= 0.6 is 0 Å².